The molecule has 0 amide bonds. The van der Waals surface area contributed by atoms with Crippen molar-refractivity contribution in [1.29, 1.82) is 0 Å². The Hall–Kier alpha value is -0.410. The van der Waals surface area contributed by atoms with Crippen LogP contribution in [0.3, 0.4) is 0 Å². The number of sulfonamides is 1. The van der Waals surface area contributed by atoms with Gasteiger partial charge in [0.1, 0.15) is 5.82 Å². The second-order valence-electron chi connectivity index (χ2n) is 3.89. The summed E-state index contributed by atoms with van der Waals surface area (Å²) in [5.41, 5.74) is 0.403. The van der Waals surface area contributed by atoms with E-state index >= 15 is 0 Å². The van der Waals surface area contributed by atoms with Crippen molar-refractivity contribution >= 4 is 38.3 Å². The molecule has 0 aliphatic carbocycles. The summed E-state index contributed by atoms with van der Waals surface area (Å²) in [7, 11) is -3.46. The van der Waals surface area contributed by atoms with Crippen molar-refractivity contribution in [2.24, 2.45) is 0 Å². The minimum absolute atomic E-state index is 0.379. The molecule has 0 saturated carbocycles. The van der Waals surface area contributed by atoms with E-state index in [0.29, 0.717) is 22.3 Å². The number of halogens is 2. The lowest BCUT2D eigenvalue weighted by Crippen LogP contribution is -2.34. The van der Waals surface area contributed by atoms with Gasteiger partial charge in [-0.05, 0) is 54.3 Å². The third kappa shape index (κ3) is 4.36. The summed E-state index contributed by atoms with van der Waals surface area (Å²) >= 11 is 1.90. The van der Waals surface area contributed by atoms with Crippen LogP contribution in [0, 0.1) is 9.39 Å². The van der Waals surface area contributed by atoms with Crippen molar-refractivity contribution in [2.75, 3.05) is 17.8 Å². The maximum Gasteiger partial charge on any atom is 0.236 e. The number of hydrogen-bond donors (Lipinski definition) is 2. The van der Waals surface area contributed by atoms with Gasteiger partial charge >= 0.3 is 0 Å². The summed E-state index contributed by atoms with van der Waals surface area (Å²) < 4.78 is 39.9. The number of anilines is 1. The van der Waals surface area contributed by atoms with E-state index in [1.807, 2.05) is 29.5 Å². The Morgan fingerprint density at radius 2 is 2.11 bits per heavy atom. The molecule has 0 spiro atoms. The van der Waals surface area contributed by atoms with Crippen LogP contribution in [0.1, 0.15) is 13.8 Å². The molecule has 0 radical (unpaired) electrons. The summed E-state index contributed by atoms with van der Waals surface area (Å²) in [6, 6.07) is 3.94. The Labute approximate surface area is 121 Å². The fraction of sp³-hybridized carbons (Fsp3) is 0.455. The maximum atomic E-state index is 12.9. The summed E-state index contributed by atoms with van der Waals surface area (Å²) in [4.78, 5) is 0. The van der Waals surface area contributed by atoms with Gasteiger partial charge < -0.3 is 5.32 Å². The zero-order valence-electron chi connectivity index (χ0n) is 10.2. The van der Waals surface area contributed by atoms with E-state index < -0.39 is 15.3 Å². The largest absolute Gasteiger partial charge is 0.316 e. The first-order valence-electron chi connectivity index (χ1n) is 5.54. The molecule has 1 aromatic carbocycles. The molecule has 0 heterocycles. The van der Waals surface area contributed by atoms with Crippen molar-refractivity contribution in [3.05, 3.63) is 27.6 Å². The molecule has 0 aliphatic rings. The molecule has 1 aromatic rings. The van der Waals surface area contributed by atoms with Crippen molar-refractivity contribution < 1.29 is 12.8 Å². The molecule has 1 rings (SSSR count). The van der Waals surface area contributed by atoms with Crippen LogP contribution >= 0.6 is 22.6 Å². The number of benzene rings is 1. The highest BCUT2D eigenvalue weighted by Crippen LogP contribution is 2.21. The summed E-state index contributed by atoms with van der Waals surface area (Å²) in [5.74, 6) is -0.386. The maximum absolute atomic E-state index is 12.9. The zero-order chi connectivity index (χ0) is 13.8. The number of hydrogen-bond acceptors (Lipinski definition) is 3. The van der Waals surface area contributed by atoms with Crippen molar-refractivity contribution in [3.63, 3.8) is 0 Å². The number of rotatable bonds is 6. The molecule has 0 bridgehead atoms. The molecular formula is C11H16FIN2O2S. The number of nitrogens with one attached hydrogen (secondary N) is 2. The molecular weight excluding hydrogens is 370 g/mol. The Kier molecular flexibility index (Phi) is 5.80. The van der Waals surface area contributed by atoms with Gasteiger partial charge in [-0.2, -0.15) is 0 Å². The Balaban J connectivity index is 2.82. The van der Waals surface area contributed by atoms with Crippen molar-refractivity contribution in [2.45, 2.75) is 19.1 Å². The normalized spacial score (nSPS) is 13.3. The molecule has 1 atom stereocenters. The summed E-state index contributed by atoms with van der Waals surface area (Å²) in [5, 5.41) is 2.43. The lowest BCUT2D eigenvalue weighted by atomic mass is 10.3. The van der Waals surface area contributed by atoms with Gasteiger partial charge in [0.15, 0.2) is 0 Å². The van der Waals surface area contributed by atoms with E-state index in [1.165, 1.54) is 18.2 Å². The van der Waals surface area contributed by atoms with Crippen molar-refractivity contribution in [1.82, 2.24) is 5.32 Å². The first-order chi connectivity index (χ1) is 8.36. The highest BCUT2D eigenvalue weighted by molar-refractivity contribution is 14.1. The van der Waals surface area contributed by atoms with Crippen LogP contribution < -0.4 is 10.0 Å². The molecule has 0 aliphatic heterocycles. The van der Waals surface area contributed by atoms with Gasteiger partial charge in [-0.15, -0.1) is 0 Å². The van der Waals surface area contributed by atoms with E-state index in [1.54, 1.807) is 6.92 Å². The fourth-order valence-corrected chi connectivity index (χ4v) is 3.10. The predicted molar refractivity (Wildman–Crippen MR) is 79.7 cm³/mol. The third-order valence-corrected chi connectivity index (χ3v) is 5.02. The Morgan fingerprint density at radius 1 is 1.44 bits per heavy atom. The molecule has 0 saturated heterocycles. The standard InChI is InChI=1S/C11H16FIN2O2S/c1-3-14-7-8(2)18(16,17)15-11-5-4-9(12)6-10(11)13/h4-6,8,14-15H,3,7H2,1-2H3. The highest BCUT2D eigenvalue weighted by atomic mass is 127. The third-order valence-electron chi connectivity index (χ3n) is 2.39. The van der Waals surface area contributed by atoms with Crippen molar-refractivity contribution in [3.8, 4) is 0 Å². The second-order valence-corrected chi connectivity index (χ2v) is 7.15. The van der Waals surface area contributed by atoms with Crippen LogP contribution in [0.25, 0.3) is 0 Å². The van der Waals surface area contributed by atoms with Gasteiger partial charge in [0.05, 0.1) is 10.9 Å². The quantitative estimate of drug-likeness (QED) is 0.737. The van der Waals surface area contributed by atoms with Gasteiger partial charge in [0.2, 0.25) is 10.0 Å². The predicted octanol–water partition coefficient (Wildman–Crippen LogP) is 2.17. The molecule has 18 heavy (non-hydrogen) atoms. The van der Waals surface area contributed by atoms with E-state index in [9.17, 15) is 12.8 Å². The monoisotopic (exact) mass is 386 g/mol. The highest BCUT2D eigenvalue weighted by Gasteiger charge is 2.21. The molecule has 0 aromatic heterocycles. The Morgan fingerprint density at radius 3 is 2.67 bits per heavy atom. The topological polar surface area (TPSA) is 58.2 Å². The van der Waals surface area contributed by atoms with E-state index in [0.717, 1.165) is 0 Å². The second kappa shape index (κ2) is 6.67. The van der Waals surface area contributed by atoms with Crippen LogP contribution in [-0.2, 0) is 10.0 Å². The van der Waals surface area contributed by atoms with Crippen LogP contribution in [0.2, 0.25) is 0 Å². The van der Waals surface area contributed by atoms with Gasteiger partial charge in [0.25, 0.3) is 0 Å². The minimum atomic E-state index is -3.46. The van der Waals surface area contributed by atoms with Gasteiger partial charge in [0, 0.05) is 10.1 Å². The van der Waals surface area contributed by atoms with Crippen LogP contribution in [0.15, 0.2) is 18.2 Å². The zero-order valence-corrected chi connectivity index (χ0v) is 13.2. The molecule has 1 unspecified atom stereocenters. The average Bonchev–Trinajstić information content (AvgIpc) is 2.29. The van der Waals surface area contributed by atoms with Crippen LogP contribution in [0.5, 0.6) is 0 Å². The summed E-state index contributed by atoms with van der Waals surface area (Å²) in [6.45, 7) is 4.63. The summed E-state index contributed by atoms with van der Waals surface area (Å²) in [6.07, 6.45) is 0. The fourth-order valence-electron chi connectivity index (χ4n) is 1.28. The van der Waals surface area contributed by atoms with Gasteiger partial charge in [-0.3, -0.25) is 4.72 Å². The molecule has 4 nitrogen and oxygen atoms in total. The SMILES string of the molecule is CCNCC(C)S(=O)(=O)Nc1ccc(F)cc1I. The van der Waals surface area contributed by atoms with E-state index in [-0.39, 0.29) is 5.82 Å². The molecule has 0 fully saturated rings. The van der Waals surface area contributed by atoms with E-state index in [4.69, 9.17) is 0 Å². The minimum Gasteiger partial charge on any atom is -0.316 e. The molecule has 7 heteroatoms. The Bertz CT molecular complexity index is 508. The lowest BCUT2D eigenvalue weighted by molar-refractivity contribution is 0.579. The molecule has 2 N–H and O–H groups in total. The lowest BCUT2D eigenvalue weighted by Gasteiger charge is -2.15. The van der Waals surface area contributed by atoms with Crippen LogP contribution in [-0.4, -0.2) is 26.8 Å². The van der Waals surface area contributed by atoms with Crippen LogP contribution in [0.4, 0.5) is 10.1 Å². The van der Waals surface area contributed by atoms with Gasteiger partial charge in [-0.25, -0.2) is 12.8 Å². The van der Waals surface area contributed by atoms with E-state index in [2.05, 4.69) is 10.0 Å². The smallest absolute Gasteiger partial charge is 0.236 e. The average molecular weight is 386 g/mol. The first-order valence-corrected chi connectivity index (χ1v) is 8.16. The van der Waals surface area contributed by atoms with Gasteiger partial charge in [-0.1, -0.05) is 6.92 Å². The first kappa shape index (κ1) is 15.6. The molecule has 102 valence electrons.